The van der Waals surface area contributed by atoms with E-state index in [0.717, 1.165) is 16.8 Å². The molecule has 136 valence electrons. The maximum absolute atomic E-state index is 12.9. The Bertz CT molecular complexity index is 853. The molecule has 0 radical (unpaired) electrons. The van der Waals surface area contributed by atoms with E-state index in [1.54, 1.807) is 17.0 Å². The van der Waals surface area contributed by atoms with Gasteiger partial charge in [0.2, 0.25) is 11.8 Å². The van der Waals surface area contributed by atoms with Crippen LogP contribution in [-0.2, 0) is 16.0 Å². The van der Waals surface area contributed by atoms with Crippen LogP contribution in [-0.4, -0.2) is 17.9 Å². The number of carbonyl (C=O) groups is 2. The Morgan fingerprint density at radius 3 is 2.62 bits per heavy atom. The van der Waals surface area contributed by atoms with Gasteiger partial charge in [-0.3, -0.25) is 9.59 Å². The van der Waals surface area contributed by atoms with Crippen molar-refractivity contribution in [1.82, 2.24) is 0 Å². The smallest absolute Gasteiger partial charge is 0.227 e. The average Bonchev–Trinajstić information content (AvgIpc) is 2.60. The first-order valence-corrected chi connectivity index (χ1v) is 9.28. The molecule has 0 saturated carbocycles. The Balaban J connectivity index is 1.82. The number of aryl methyl sites for hydroxylation is 1. The molecule has 0 saturated heterocycles. The number of benzene rings is 2. The van der Waals surface area contributed by atoms with E-state index in [1.165, 1.54) is 0 Å². The quantitative estimate of drug-likeness (QED) is 0.844. The molecule has 1 aliphatic heterocycles. The second-order valence-electron chi connectivity index (χ2n) is 6.60. The number of amides is 2. The lowest BCUT2D eigenvalue weighted by Gasteiger charge is -2.38. The van der Waals surface area contributed by atoms with Gasteiger partial charge in [0.15, 0.2) is 0 Å². The molecule has 6 heteroatoms. The molecule has 1 heterocycles. The molecule has 0 spiro atoms. The molecule has 3 rings (SSSR count). The molecule has 26 heavy (non-hydrogen) atoms. The van der Waals surface area contributed by atoms with Crippen LogP contribution in [0.1, 0.15) is 36.8 Å². The Kier molecular flexibility index (Phi) is 5.54. The highest BCUT2D eigenvalue weighted by molar-refractivity contribution is 6.35. The van der Waals surface area contributed by atoms with Crippen LogP contribution in [0.3, 0.4) is 0 Å². The fourth-order valence-corrected chi connectivity index (χ4v) is 4.05. The van der Waals surface area contributed by atoms with Gasteiger partial charge in [0, 0.05) is 28.2 Å². The van der Waals surface area contributed by atoms with Crippen LogP contribution in [0.15, 0.2) is 42.5 Å². The van der Waals surface area contributed by atoms with E-state index in [0.29, 0.717) is 29.3 Å². The largest absolute Gasteiger partial charge is 0.369 e. The highest BCUT2D eigenvalue weighted by Gasteiger charge is 2.35. The summed E-state index contributed by atoms with van der Waals surface area (Å²) >= 11 is 12.1. The second-order valence-corrected chi connectivity index (χ2v) is 7.44. The minimum absolute atomic E-state index is 0.00103. The van der Waals surface area contributed by atoms with E-state index in [-0.39, 0.29) is 23.8 Å². The highest BCUT2D eigenvalue weighted by atomic mass is 35.5. The molecule has 2 amide bonds. The van der Waals surface area contributed by atoms with Crippen molar-refractivity contribution in [2.45, 2.75) is 38.1 Å². The molecule has 2 N–H and O–H groups in total. The number of halogens is 2. The molecule has 2 atom stereocenters. The molecule has 2 aromatic carbocycles. The van der Waals surface area contributed by atoms with Gasteiger partial charge in [0.1, 0.15) is 0 Å². The van der Waals surface area contributed by atoms with Crippen molar-refractivity contribution in [2.75, 3.05) is 4.90 Å². The summed E-state index contributed by atoms with van der Waals surface area (Å²) in [5.41, 5.74) is 8.03. The average molecular weight is 391 g/mol. The number of carbonyl (C=O) groups excluding carboxylic acids is 2. The standard InChI is InChI=1S/C20H20Cl2N2O2/c1-12-10-16(20(23)26)15-4-2-3-5-18(15)24(12)19(25)9-7-13-6-8-14(21)11-17(13)22/h2-6,8,11-12,16H,7,9-10H2,1H3,(H2,23,26). The first-order valence-electron chi connectivity index (χ1n) is 8.52. The number of fused-ring (bicyclic) bond motifs is 1. The van der Waals surface area contributed by atoms with Crippen LogP contribution in [0.25, 0.3) is 0 Å². The van der Waals surface area contributed by atoms with Gasteiger partial charge in [-0.1, -0.05) is 47.5 Å². The lowest BCUT2D eigenvalue weighted by molar-refractivity contribution is -0.121. The third-order valence-corrected chi connectivity index (χ3v) is 5.41. The zero-order valence-electron chi connectivity index (χ0n) is 14.4. The summed E-state index contributed by atoms with van der Waals surface area (Å²) in [6, 6.07) is 12.7. The number of anilines is 1. The summed E-state index contributed by atoms with van der Waals surface area (Å²) < 4.78 is 0. The predicted molar refractivity (Wildman–Crippen MR) is 105 cm³/mol. The molecular weight excluding hydrogens is 371 g/mol. The van der Waals surface area contributed by atoms with Crippen LogP contribution in [0.5, 0.6) is 0 Å². The summed E-state index contributed by atoms with van der Waals surface area (Å²) in [7, 11) is 0. The Morgan fingerprint density at radius 2 is 1.92 bits per heavy atom. The van der Waals surface area contributed by atoms with E-state index < -0.39 is 0 Å². The second kappa shape index (κ2) is 7.68. The molecule has 0 bridgehead atoms. The molecule has 0 aliphatic carbocycles. The van der Waals surface area contributed by atoms with E-state index in [9.17, 15) is 9.59 Å². The van der Waals surface area contributed by atoms with Gasteiger partial charge in [0.25, 0.3) is 0 Å². The Labute approximate surface area is 162 Å². The van der Waals surface area contributed by atoms with Crippen molar-refractivity contribution in [1.29, 1.82) is 0 Å². The SMILES string of the molecule is CC1CC(C(N)=O)c2ccccc2N1C(=O)CCc1ccc(Cl)cc1Cl. The zero-order chi connectivity index (χ0) is 18.8. The molecule has 4 nitrogen and oxygen atoms in total. The lowest BCUT2D eigenvalue weighted by atomic mass is 9.85. The van der Waals surface area contributed by atoms with Crippen molar-refractivity contribution >= 4 is 40.7 Å². The van der Waals surface area contributed by atoms with Crippen LogP contribution >= 0.6 is 23.2 Å². The number of rotatable bonds is 4. The van der Waals surface area contributed by atoms with Crippen molar-refractivity contribution in [3.8, 4) is 0 Å². The van der Waals surface area contributed by atoms with Crippen molar-refractivity contribution in [2.24, 2.45) is 5.73 Å². The number of hydrogen-bond acceptors (Lipinski definition) is 2. The zero-order valence-corrected chi connectivity index (χ0v) is 15.9. The number of nitrogens with zero attached hydrogens (tertiary/aromatic N) is 1. The molecule has 0 fully saturated rings. The highest BCUT2D eigenvalue weighted by Crippen LogP contribution is 2.38. The van der Waals surface area contributed by atoms with Crippen molar-refractivity contribution in [3.05, 3.63) is 63.6 Å². The number of hydrogen-bond donors (Lipinski definition) is 1. The summed E-state index contributed by atoms with van der Waals surface area (Å²) in [5.74, 6) is -0.723. The normalized spacial score (nSPS) is 19.1. The first-order chi connectivity index (χ1) is 12.4. The van der Waals surface area contributed by atoms with Gasteiger partial charge < -0.3 is 10.6 Å². The summed E-state index contributed by atoms with van der Waals surface area (Å²) in [5, 5.41) is 1.13. The topological polar surface area (TPSA) is 63.4 Å². The van der Waals surface area contributed by atoms with E-state index >= 15 is 0 Å². The van der Waals surface area contributed by atoms with Gasteiger partial charge in [-0.05, 0) is 49.1 Å². The van der Waals surface area contributed by atoms with Gasteiger partial charge >= 0.3 is 0 Å². The van der Waals surface area contributed by atoms with E-state index in [1.807, 2.05) is 37.3 Å². The van der Waals surface area contributed by atoms with Crippen molar-refractivity contribution in [3.63, 3.8) is 0 Å². The summed E-state index contributed by atoms with van der Waals surface area (Å²) in [4.78, 5) is 26.5. The lowest BCUT2D eigenvalue weighted by Crippen LogP contribution is -2.45. The molecule has 0 aromatic heterocycles. The van der Waals surface area contributed by atoms with Crippen LogP contribution < -0.4 is 10.6 Å². The Morgan fingerprint density at radius 1 is 1.19 bits per heavy atom. The third-order valence-electron chi connectivity index (χ3n) is 4.82. The minimum Gasteiger partial charge on any atom is -0.369 e. The van der Waals surface area contributed by atoms with Crippen LogP contribution in [0, 0.1) is 0 Å². The number of nitrogens with two attached hydrogens (primary N) is 1. The molecule has 2 aromatic rings. The van der Waals surface area contributed by atoms with Gasteiger partial charge in [-0.2, -0.15) is 0 Å². The number of primary amides is 1. The van der Waals surface area contributed by atoms with Gasteiger partial charge in [-0.15, -0.1) is 0 Å². The van der Waals surface area contributed by atoms with E-state index in [2.05, 4.69) is 0 Å². The number of para-hydroxylation sites is 1. The Hall–Kier alpha value is -2.04. The van der Waals surface area contributed by atoms with E-state index in [4.69, 9.17) is 28.9 Å². The minimum atomic E-state index is -0.365. The fraction of sp³-hybridized carbons (Fsp3) is 0.300. The summed E-state index contributed by atoms with van der Waals surface area (Å²) in [6.07, 6.45) is 1.38. The maximum atomic E-state index is 12.9. The molecule has 2 unspecified atom stereocenters. The maximum Gasteiger partial charge on any atom is 0.227 e. The van der Waals surface area contributed by atoms with Gasteiger partial charge in [-0.25, -0.2) is 0 Å². The van der Waals surface area contributed by atoms with Crippen LogP contribution in [0.4, 0.5) is 5.69 Å². The van der Waals surface area contributed by atoms with Gasteiger partial charge in [0.05, 0.1) is 5.92 Å². The summed E-state index contributed by atoms with van der Waals surface area (Å²) in [6.45, 7) is 1.94. The third kappa shape index (κ3) is 3.71. The monoisotopic (exact) mass is 390 g/mol. The first kappa shape index (κ1) is 18.7. The van der Waals surface area contributed by atoms with Crippen LogP contribution in [0.2, 0.25) is 10.0 Å². The predicted octanol–water partition coefficient (Wildman–Crippen LogP) is 4.32. The van der Waals surface area contributed by atoms with Crippen molar-refractivity contribution < 1.29 is 9.59 Å². The fourth-order valence-electron chi connectivity index (χ4n) is 3.55. The molecular formula is C20H20Cl2N2O2. The molecule has 1 aliphatic rings.